The van der Waals surface area contributed by atoms with Crippen molar-refractivity contribution in [2.75, 3.05) is 6.54 Å². The number of piperidine rings is 1. The number of hydrogen-bond acceptors (Lipinski definition) is 2. The fourth-order valence-corrected chi connectivity index (χ4v) is 4.80. The zero-order chi connectivity index (χ0) is 18.1. The molecule has 2 heterocycles. The van der Waals surface area contributed by atoms with Crippen molar-refractivity contribution in [2.24, 2.45) is 0 Å². The molecule has 0 saturated carbocycles. The van der Waals surface area contributed by atoms with E-state index < -0.39 is 5.60 Å². The molecular formula is C23H26FNO. The Balaban J connectivity index is 1.51. The lowest BCUT2D eigenvalue weighted by Gasteiger charge is -2.44. The van der Waals surface area contributed by atoms with Crippen LogP contribution >= 0.6 is 0 Å². The smallest absolute Gasteiger partial charge is 0.129 e. The molecule has 2 aromatic rings. The Bertz CT molecular complexity index is 787. The summed E-state index contributed by atoms with van der Waals surface area (Å²) in [5.74, 6) is -0.289. The lowest BCUT2D eigenvalue weighted by Crippen LogP contribution is -2.50. The first-order chi connectivity index (χ1) is 12.5. The van der Waals surface area contributed by atoms with Gasteiger partial charge in [0.2, 0.25) is 0 Å². The predicted molar refractivity (Wildman–Crippen MR) is 103 cm³/mol. The summed E-state index contributed by atoms with van der Waals surface area (Å²) in [4.78, 5) is 2.52. The molecule has 2 saturated heterocycles. The van der Waals surface area contributed by atoms with Crippen LogP contribution in [0.15, 0.2) is 60.2 Å². The lowest BCUT2D eigenvalue weighted by atomic mass is 9.80. The van der Waals surface area contributed by atoms with Gasteiger partial charge in [-0.2, -0.15) is 0 Å². The molecule has 26 heavy (non-hydrogen) atoms. The Hall–Kier alpha value is -1.97. The second-order valence-electron chi connectivity index (χ2n) is 7.88. The van der Waals surface area contributed by atoms with Crippen LogP contribution in [-0.2, 0) is 5.60 Å². The highest BCUT2D eigenvalue weighted by atomic mass is 19.1. The number of rotatable bonds is 4. The van der Waals surface area contributed by atoms with E-state index in [1.807, 2.05) is 12.1 Å². The second kappa shape index (κ2) is 6.98. The van der Waals surface area contributed by atoms with Crippen LogP contribution in [0.3, 0.4) is 0 Å². The standard InChI is InChI=1S/C23H26FNO/c1-17(13-18-7-3-2-4-8-18)16-25-19-11-12-20(25)15-23(26,14-19)21-9-5-6-10-22(21)24/h2-10,13,19-20,26H,11-12,14-16H2,1H3. The van der Waals surface area contributed by atoms with Gasteiger partial charge in [0.05, 0.1) is 5.60 Å². The second-order valence-corrected chi connectivity index (χ2v) is 7.88. The van der Waals surface area contributed by atoms with Gasteiger partial charge >= 0.3 is 0 Å². The molecular weight excluding hydrogens is 325 g/mol. The van der Waals surface area contributed by atoms with Crippen LogP contribution in [-0.4, -0.2) is 28.6 Å². The van der Waals surface area contributed by atoms with E-state index in [0.29, 0.717) is 30.5 Å². The molecule has 0 spiro atoms. The average Bonchev–Trinajstić information content (AvgIpc) is 2.87. The molecule has 2 bridgehead atoms. The van der Waals surface area contributed by atoms with Gasteiger partial charge < -0.3 is 5.11 Å². The first kappa shape index (κ1) is 17.4. The highest BCUT2D eigenvalue weighted by Crippen LogP contribution is 2.46. The Kier molecular flexibility index (Phi) is 4.68. The normalized spacial score (nSPS) is 29.1. The maximum atomic E-state index is 14.3. The minimum atomic E-state index is -1.04. The summed E-state index contributed by atoms with van der Waals surface area (Å²) in [7, 11) is 0. The molecule has 2 unspecified atom stereocenters. The van der Waals surface area contributed by atoms with Crippen LogP contribution < -0.4 is 0 Å². The minimum absolute atomic E-state index is 0.289. The zero-order valence-electron chi connectivity index (χ0n) is 15.2. The van der Waals surface area contributed by atoms with Gasteiger partial charge in [-0.1, -0.05) is 60.2 Å². The van der Waals surface area contributed by atoms with Crippen molar-refractivity contribution in [1.82, 2.24) is 4.90 Å². The summed E-state index contributed by atoms with van der Waals surface area (Å²) in [6.07, 6.45) is 5.63. The van der Waals surface area contributed by atoms with Gasteiger partial charge in [-0.3, -0.25) is 4.90 Å². The molecule has 4 rings (SSSR count). The predicted octanol–water partition coefficient (Wildman–Crippen LogP) is 4.74. The summed E-state index contributed by atoms with van der Waals surface area (Å²) in [6, 6.07) is 17.7. The minimum Gasteiger partial charge on any atom is -0.385 e. The van der Waals surface area contributed by atoms with E-state index in [4.69, 9.17) is 0 Å². The highest BCUT2D eigenvalue weighted by molar-refractivity contribution is 5.52. The van der Waals surface area contributed by atoms with Gasteiger partial charge in [-0.05, 0) is 44.2 Å². The third kappa shape index (κ3) is 3.34. The van der Waals surface area contributed by atoms with Crippen LogP contribution in [0.2, 0.25) is 0 Å². The summed E-state index contributed by atoms with van der Waals surface area (Å²) >= 11 is 0. The monoisotopic (exact) mass is 351 g/mol. The number of hydrogen-bond donors (Lipinski definition) is 1. The third-order valence-corrected chi connectivity index (χ3v) is 5.94. The lowest BCUT2D eigenvalue weighted by molar-refractivity contribution is -0.0563. The summed E-state index contributed by atoms with van der Waals surface area (Å²) in [6.45, 7) is 3.09. The summed E-state index contributed by atoms with van der Waals surface area (Å²) < 4.78 is 14.3. The quantitative estimate of drug-likeness (QED) is 0.860. The first-order valence-corrected chi connectivity index (χ1v) is 9.50. The molecule has 2 nitrogen and oxygen atoms in total. The summed E-state index contributed by atoms with van der Waals surface area (Å²) in [5.41, 5.74) is 1.97. The van der Waals surface area contributed by atoms with Gasteiger partial charge in [0.25, 0.3) is 0 Å². The number of halogens is 1. The zero-order valence-corrected chi connectivity index (χ0v) is 15.2. The van der Waals surface area contributed by atoms with E-state index >= 15 is 0 Å². The van der Waals surface area contributed by atoms with Crippen molar-refractivity contribution in [2.45, 2.75) is 50.3 Å². The molecule has 2 atom stereocenters. The van der Waals surface area contributed by atoms with Gasteiger partial charge in [-0.15, -0.1) is 0 Å². The van der Waals surface area contributed by atoms with E-state index in [-0.39, 0.29) is 5.82 Å². The fraction of sp³-hybridized carbons (Fsp3) is 0.391. The van der Waals surface area contributed by atoms with Crippen molar-refractivity contribution >= 4 is 6.08 Å². The van der Waals surface area contributed by atoms with Crippen molar-refractivity contribution in [3.05, 3.63) is 77.1 Å². The molecule has 2 aliphatic rings. The molecule has 0 aliphatic carbocycles. The first-order valence-electron chi connectivity index (χ1n) is 9.50. The Labute approximate surface area is 155 Å². The molecule has 1 N–H and O–H groups in total. The van der Waals surface area contributed by atoms with Crippen LogP contribution in [0.4, 0.5) is 4.39 Å². The SMILES string of the molecule is CC(=Cc1ccccc1)CN1C2CCC1CC(O)(c1ccccc1F)C2. The van der Waals surface area contributed by atoms with E-state index in [2.05, 4.69) is 42.2 Å². The van der Waals surface area contributed by atoms with E-state index in [1.165, 1.54) is 17.2 Å². The number of fused-ring (bicyclic) bond motifs is 2. The van der Waals surface area contributed by atoms with E-state index in [9.17, 15) is 9.50 Å². The van der Waals surface area contributed by atoms with Crippen molar-refractivity contribution in [1.29, 1.82) is 0 Å². The Morgan fingerprint density at radius 1 is 1.08 bits per heavy atom. The molecule has 0 aromatic heterocycles. The Morgan fingerprint density at radius 3 is 2.35 bits per heavy atom. The van der Waals surface area contributed by atoms with Crippen LogP contribution in [0.1, 0.15) is 43.7 Å². The van der Waals surface area contributed by atoms with E-state index in [0.717, 1.165) is 19.4 Å². The van der Waals surface area contributed by atoms with Crippen molar-refractivity contribution < 1.29 is 9.50 Å². The fourth-order valence-electron chi connectivity index (χ4n) is 4.80. The summed E-state index contributed by atoms with van der Waals surface area (Å²) in [5, 5.41) is 11.2. The van der Waals surface area contributed by atoms with Gasteiger partial charge in [-0.25, -0.2) is 4.39 Å². The van der Waals surface area contributed by atoms with Crippen LogP contribution in [0.5, 0.6) is 0 Å². The number of aliphatic hydroxyl groups is 1. The van der Waals surface area contributed by atoms with Crippen LogP contribution in [0.25, 0.3) is 6.08 Å². The molecule has 0 amide bonds. The molecule has 2 fully saturated rings. The van der Waals surface area contributed by atoms with Gasteiger partial charge in [0, 0.05) is 24.2 Å². The molecule has 2 aromatic carbocycles. The van der Waals surface area contributed by atoms with Crippen molar-refractivity contribution in [3.63, 3.8) is 0 Å². The molecule has 136 valence electrons. The largest absolute Gasteiger partial charge is 0.385 e. The maximum Gasteiger partial charge on any atom is 0.129 e. The third-order valence-electron chi connectivity index (χ3n) is 5.94. The number of benzene rings is 2. The Morgan fingerprint density at radius 2 is 1.69 bits per heavy atom. The van der Waals surface area contributed by atoms with Gasteiger partial charge in [0.1, 0.15) is 5.82 Å². The van der Waals surface area contributed by atoms with Crippen molar-refractivity contribution in [3.8, 4) is 0 Å². The molecule has 2 aliphatic heterocycles. The molecule has 3 heteroatoms. The van der Waals surface area contributed by atoms with E-state index in [1.54, 1.807) is 12.1 Å². The highest BCUT2D eigenvalue weighted by Gasteiger charge is 2.48. The van der Waals surface area contributed by atoms with Gasteiger partial charge in [0.15, 0.2) is 0 Å². The maximum absolute atomic E-state index is 14.3. The van der Waals surface area contributed by atoms with Crippen LogP contribution in [0, 0.1) is 5.82 Å². The average molecular weight is 351 g/mol. The number of nitrogens with zero attached hydrogens (tertiary/aromatic N) is 1. The molecule has 0 radical (unpaired) electrons. The topological polar surface area (TPSA) is 23.5 Å².